The number of nitrogens with zero attached hydrogens (tertiary/aromatic N) is 3. The summed E-state index contributed by atoms with van der Waals surface area (Å²) in [5.74, 6) is 4.01. The van der Waals surface area contributed by atoms with Gasteiger partial charge in [0.15, 0.2) is 11.7 Å². The molecule has 0 radical (unpaired) electrons. The second kappa shape index (κ2) is 8.54. The first kappa shape index (κ1) is 18.8. The SMILES string of the molecule is CCNC1=NS(=O)(=O)N=C1NCCSCc1ccc(CN(C)C)o1. The monoisotopic (exact) mass is 373 g/mol. The minimum absolute atomic E-state index is 0.280. The third-order valence-corrected chi connectivity index (χ3v) is 4.76. The van der Waals surface area contributed by atoms with Crippen LogP contribution in [0.25, 0.3) is 0 Å². The average Bonchev–Trinajstić information content (AvgIpc) is 3.02. The first-order chi connectivity index (χ1) is 11.4. The van der Waals surface area contributed by atoms with Crippen LogP contribution in [0.2, 0.25) is 0 Å². The third kappa shape index (κ3) is 5.84. The van der Waals surface area contributed by atoms with E-state index >= 15 is 0 Å². The summed E-state index contributed by atoms with van der Waals surface area (Å²) in [6, 6.07) is 3.98. The lowest BCUT2D eigenvalue weighted by Gasteiger charge is -2.08. The molecule has 10 heteroatoms. The highest BCUT2D eigenvalue weighted by atomic mass is 32.2. The van der Waals surface area contributed by atoms with Crippen molar-refractivity contribution in [2.24, 2.45) is 8.80 Å². The first-order valence-electron chi connectivity index (χ1n) is 7.62. The van der Waals surface area contributed by atoms with Crippen LogP contribution in [0.15, 0.2) is 25.3 Å². The fourth-order valence-electron chi connectivity index (χ4n) is 2.05. The number of nitrogens with one attached hydrogen (secondary N) is 2. The van der Waals surface area contributed by atoms with E-state index in [0.29, 0.717) is 13.1 Å². The van der Waals surface area contributed by atoms with Gasteiger partial charge in [-0.2, -0.15) is 20.2 Å². The molecule has 1 aliphatic rings. The topological polar surface area (TPSA) is 99.3 Å². The number of hydrogen-bond donors (Lipinski definition) is 2. The van der Waals surface area contributed by atoms with E-state index in [-0.39, 0.29) is 11.7 Å². The molecule has 1 aromatic rings. The molecule has 0 bridgehead atoms. The average molecular weight is 374 g/mol. The van der Waals surface area contributed by atoms with Gasteiger partial charge in [-0.1, -0.05) is 0 Å². The van der Waals surface area contributed by atoms with Gasteiger partial charge in [-0.15, -0.1) is 8.80 Å². The first-order valence-corrected chi connectivity index (χ1v) is 10.2. The maximum atomic E-state index is 11.4. The molecule has 2 rings (SSSR count). The molecule has 0 aromatic carbocycles. The van der Waals surface area contributed by atoms with Crippen LogP contribution in [0, 0.1) is 0 Å². The van der Waals surface area contributed by atoms with E-state index in [1.54, 1.807) is 11.8 Å². The zero-order valence-electron chi connectivity index (χ0n) is 14.1. The summed E-state index contributed by atoms with van der Waals surface area (Å²) < 4.78 is 35.7. The van der Waals surface area contributed by atoms with E-state index in [1.807, 2.05) is 33.2 Å². The molecule has 0 atom stereocenters. The van der Waals surface area contributed by atoms with Crippen molar-refractivity contribution in [3.63, 3.8) is 0 Å². The van der Waals surface area contributed by atoms with E-state index in [4.69, 9.17) is 4.42 Å². The molecule has 1 aliphatic heterocycles. The number of furan rings is 1. The molecule has 0 amide bonds. The van der Waals surface area contributed by atoms with Crippen molar-refractivity contribution in [2.45, 2.75) is 19.2 Å². The van der Waals surface area contributed by atoms with Gasteiger partial charge in [0.1, 0.15) is 11.5 Å². The second-order valence-corrected chi connectivity index (χ2v) is 7.81. The van der Waals surface area contributed by atoms with Crippen molar-refractivity contribution in [3.05, 3.63) is 23.7 Å². The second-order valence-electron chi connectivity index (χ2n) is 5.44. The van der Waals surface area contributed by atoms with Crippen molar-refractivity contribution in [2.75, 3.05) is 32.9 Å². The standard InChI is InChI=1S/C14H23N5O3S2/c1-4-15-13-14(18-24(20,21)17-13)16-7-8-23-10-12-6-5-11(22-12)9-19(2)3/h5-6H,4,7-10H2,1-3H3,(H,15,17)(H,16,18). The molecule has 0 aliphatic carbocycles. The Bertz CT molecular complexity index is 710. The molecule has 134 valence electrons. The summed E-state index contributed by atoms with van der Waals surface area (Å²) >= 11 is 1.70. The lowest BCUT2D eigenvalue weighted by Crippen LogP contribution is -2.39. The van der Waals surface area contributed by atoms with Crippen LogP contribution in [-0.2, 0) is 22.5 Å². The Balaban J connectivity index is 1.72. The number of hydrogen-bond acceptors (Lipinski definition) is 7. The Hall–Kier alpha value is -1.52. The van der Waals surface area contributed by atoms with Gasteiger partial charge in [-0.05, 0) is 33.2 Å². The molecule has 0 unspecified atom stereocenters. The Morgan fingerprint density at radius 1 is 1.17 bits per heavy atom. The lowest BCUT2D eigenvalue weighted by molar-refractivity contribution is 0.344. The molecule has 0 spiro atoms. The van der Waals surface area contributed by atoms with Crippen LogP contribution in [0.4, 0.5) is 0 Å². The number of thioether (sulfide) groups is 1. The van der Waals surface area contributed by atoms with Crippen LogP contribution in [0.3, 0.4) is 0 Å². The molecule has 8 nitrogen and oxygen atoms in total. The summed E-state index contributed by atoms with van der Waals surface area (Å²) in [5.41, 5.74) is 0. The van der Waals surface area contributed by atoms with Crippen LogP contribution in [-0.4, -0.2) is 57.9 Å². The summed E-state index contributed by atoms with van der Waals surface area (Å²) in [7, 11) is 0.264. The van der Waals surface area contributed by atoms with Gasteiger partial charge in [0.05, 0.1) is 12.3 Å². The minimum Gasteiger partial charge on any atom is -0.464 e. The van der Waals surface area contributed by atoms with Gasteiger partial charge >= 0.3 is 10.2 Å². The van der Waals surface area contributed by atoms with Crippen molar-refractivity contribution >= 4 is 33.6 Å². The molecule has 2 N–H and O–H groups in total. The van der Waals surface area contributed by atoms with Gasteiger partial charge in [-0.25, -0.2) is 0 Å². The molecule has 2 heterocycles. The normalized spacial score (nSPS) is 16.2. The van der Waals surface area contributed by atoms with Crippen LogP contribution in [0.1, 0.15) is 18.4 Å². The molecule has 0 saturated carbocycles. The Morgan fingerprint density at radius 3 is 2.50 bits per heavy atom. The summed E-state index contributed by atoms with van der Waals surface area (Å²) in [6.45, 7) is 3.83. The van der Waals surface area contributed by atoms with Crippen molar-refractivity contribution in [1.82, 2.24) is 15.5 Å². The predicted molar refractivity (Wildman–Crippen MR) is 97.7 cm³/mol. The van der Waals surface area contributed by atoms with Gasteiger partial charge in [0.2, 0.25) is 0 Å². The quantitative estimate of drug-likeness (QED) is 0.651. The lowest BCUT2D eigenvalue weighted by atomic mass is 10.4. The largest absolute Gasteiger partial charge is 0.464 e. The third-order valence-electron chi connectivity index (χ3n) is 2.95. The number of likely N-dealkylation sites (N-methyl/N-ethyl adjacent to an activating group) is 1. The Labute approximate surface area is 147 Å². The molecular formula is C14H23N5O3S2. The fourth-order valence-corrected chi connectivity index (χ4v) is 3.60. The maximum absolute atomic E-state index is 11.4. The minimum atomic E-state index is -3.73. The summed E-state index contributed by atoms with van der Waals surface area (Å²) in [6.07, 6.45) is 0. The highest BCUT2D eigenvalue weighted by Gasteiger charge is 2.23. The molecule has 1 aromatic heterocycles. The van der Waals surface area contributed by atoms with Crippen molar-refractivity contribution in [3.8, 4) is 0 Å². The Morgan fingerprint density at radius 2 is 1.83 bits per heavy atom. The highest BCUT2D eigenvalue weighted by Crippen LogP contribution is 2.16. The van der Waals surface area contributed by atoms with E-state index in [0.717, 1.165) is 29.6 Å². The zero-order chi connectivity index (χ0) is 17.6. The molecule has 24 heavy (non-hydrogen) atoms. The van der Waals surface area contributed by atoms with E-state index < -0.39 is 10.2 Å². The highest BCUT2D eigenvalue weighted by molar-refractivity contribution is 7.98. The van der Waals surface area contributed by atoms with Gasteiger partial charge in [0, 0.05) is 18.8 Å². The Kier molecular flexibility index (Phi) is 6.69. The molecular weight excluding hydrogens is 350 g/mol. The van der Waals surface area contributed by atoms with Gasteiger partial charge in [-0.3, -0.25) is 0 Å². The number of rotatable bonds is 8. The van der Waals surface area contributed by atoms with Crippen molar-refractivity contribution in [1.29, 1.82) is 0 Å². The predicted octanol–water partition coefficient (Wildman–Crippen LogP) is 0.829. The maximum Gasteiger partial charge on any atom is 0.367 e. The van der Waals surface area contributed by atoms with Crippen LogP contribution in [0.5, 0.6) is 0 Å². The van der Waals surface area contributed by atoms with Crippen molar-refractivity contribution < 1.29 is 12.8 Å². The zero-order valence-corrected chi connectivity index (χ0v) is 15.7. The van der Waals surface area contributed by atoms with Gasteiger partial charge < -0.3 is 20.0 Å². The smallest absolute Gasteiger partial charge is 0.367 e. The van der Waals surface area contributed by atoms with Crippen LogP contribution < -0.4 is 10.6 Å². The molecule has 0 saturated heterocycles. The van der Waals surface area contributed by atoms with Crippen LogP contribution >= 0.6 is 11.8 Å². The molecule has 0 fully saturated rings. The van der Waals surface area contributed by atoms with E-state index in [9.17, 15) is 8.42 Å². The van der Waals surface area contributed by atoms with E-state index in [2.05, 4.69) is 24.3 Å². The summed E-state index contributed by atoms with van der Waals surface area (Å²) in [5, 5.41) is 5.90. The number of amidine groups is 2. The van der Waals surface area contributed by atoms with Gasteiger partial charge in [0.25, 0.3) is 0 Å². The van der Waals surface area contributed by atoms with E-state index in [1.165, 1.54) is 0 Å². The summed E-state index contributed by atoms with van der Waals surface area (Å²) in [4.78, 5) is 2.06. The fraction of sp³-hybridized carbons (Fsp3) is 0.571.